The van der Waals surface area contributed by atoms with E-state index >= 15 is 0 Å². The number of nitro benzene ring substituents is 1. The summed E-state index contributed by atoms with van der Waals surface area (Å²) in [5.74, 6) is -0.909. The van der Waals surface area contributed by atoms with Gasteiger partial charge in [-0.05, 0) is 13.0 Å². The minimum Gasteiger partial charge on any atom is -0.478 e. The fourth-order valence-corrected chi connectivity index (χ4v) is 1.58. The number of carbonyl (C=O) groups is 1. The molecule has 2 rings (SSSR count). The number of aromatic nitrogens is 2. The summed E-state index contributed by atoms with van der Waals surface area (Å²) in [6, 6.07) is 3.40. The van der Waals surface area contributed by atoms with Crippen LogP contribution in [0.2, 0.25) is 0 Å². The molecule has 2 aromatic rings. The van der Waals surface area contributed by atoms with Crippen molar-refractivity contribution in [2.75, 3.05) is 0 Å². The monoisotopic (exact) mass is 277 g/mol. The van der Waals surface area contributed by atoms with Crippen LogP contribution in [0, 0.1) is 10.1 Å². The van der Waals surface area contributed by atoms with E-state index in [4.69, 9.17) is 9.84 Å². The van der Waals surface area contributed by atoms with E-state index in [2.05, 4.69) is 5.10 Å². The average molecular weight is 277 g/mol. The van der Waals surface area contributed by atoms with E-state index in [9.17, 15) is 14.9 Å². The molecule has 0 aliphatic heterocycles. The molecule has 0 unspecified atom stereocenters. The largest absolute Gasteiger partial charge is 0.478 e. The Balaban J connectivity index is 2.35. The lowest BCUT2D eigenvalue weighted by Gasteiger charge is -2.06. The standard InChI is InChI=1S/C12H11N3O5/c1-2-14-7-9(6-13-14)20-11-4-3-8(15(18)19)5-10(11)12(16)17/h3-7H,2H2,1H3,(H,16,17). The molecule has 0 aliphatic rings. The molecule has 1 heterocycles. The van der Waals surface area contributed by atoms with Gasteiger partial charge < -0.3 is 9.84 Å². The Hall–Kier alpha value is -2.90. The first-order chi connectivity index (χ1) is 9.51. The summed E-state index contributed by atoms with van der Waals surface area (Å²) in [5, 5.41) is 23.7. The minimum absolute atomic E-state index is 0.0266. The van der Waals surface area contributed by atoms with Gasteiger partial charge in [0.25, 0.3) is 5.69 Å². The van der Waals surface area contributed by atoms with E-state index < -0.39 is 10.9 Å². The van der Waals surface area contributed by atoms with E-state index in [1.807, 2.05) is 6.92 Å². The Morgan fingerprint density at radius 3 is 2.85 bits per heavy atom. The van der Waals surface area contributed by atoms with E-state index in [0.29, 0.717) is 12.3 Å². The molecule has 20 heavy (non-hydrogen) atoms. The summed E-state index contributed by atoms with van der Waals surface area (Å²) in [6.45, 7) is 2.54. The molecule has 0 saturated carbocycles. The molecule has 104 valence electrons. The highest BCUT2D eigenvalue weighted by molar-refractivity contribution is 5.91. The van der Waals surface area contributed by atoms with Crippen LogP contribution in [0.15, 0.2) is 30.6 Å². The van der Waals surface area contributed by atoms with Crippen LogP contribution >= 0.6 is 0 Å². The fourth-order valence-electron chi connectivity index (χ4n) is 1.58. The summed E-state index contributed by atoms with van der Waals surface area (Å²) in [4.78, 5) is 21.1. The van der Waals surface area contributed by atoms with Gasteiger partial charge in [-0.15, -0.1) is 0 Å². The van der Waals surface area contributed by atoms with Crippen molar-refractivity contribution in [3.63, 3.8) is 0 Å². The molecule has 0 saturated heterocycles. The van der Waals surface area contributed by atoms with Crippen molar-refractivity contribution in [2.45, 2.75) is 13.5 Å². The molecule has 1 N–H and O–H groups in total. The lowest BCUT2D eigenvalue weighted by molar-refractivity contribution is -0.384. The lowest BCUT2D eigenvalue weighted by atomic mass is 10.2. The Labute approximate surface area is 113 Å². The van der Waals surface area contributed by atoms with Crippen LogP contribution in [0.25, 0.3) is 0 Å². The summed E-state index contributed by atoms with van der Waals surface area (Å²) in [6.07, 6.45) is 3.05. The smallest absolute Gasteiger partial charge is 0.339 e. The predicted molar refractivity (Wildman–Crippen MR) is 68.0 cm³/mol. The molecular formula is C12H11N3O5. The number of aryl methyl sites for hydroxylation is 1. The zero-order chi connectivity index (χ0) is 14.7. The van der Waals surface area contributed by atoms with Gasteiger partial charge in [0.1, 0.15) is 11.3 Å². The van der Waals surface area contributed by atoms with Crippen LogP contribution in [-0.4, -0.2) is 25.8 Å². The van der Waals surface area contributed by atoms with Crippen LogP contribution in [-0.2, 0) is 6.54 Å². The minimum atomic E-state index is -1.30. The van der Waals surface area contributed by atoms with Crippen LogP contribution in [0.5, 0.6) is 11.5 Å². The van der Waals surface area contributed by atoms with Crippen molar-refractivity contribution in [1.29, 1.82) is 0 Å². The van der Waals surface area contributed by atoms with Gasteiger partial charge in [0.05, 0.1) is 17.3 Å². The average Bonchev–Trinajstić information content (AvgIpc) is 2.86. The Morgan fingerprint density at radius 1 is 1.55 bits per heavy atom. The quantitative estimate of drug-likeness (QED) is 0.663. The predicted octanol–water partition coefficient (Wildman–Crippen LogP) is 2.30. The number of hydrogen-bond donors (Lipinski definition) is 1. The van der Waals surface area contributed by atoms with E-state index in [0.717, 1.165) is 6.07 Å². The summed E-state index contributed by atoms with van der Waals surface area (Å²) in [5.41, 5.74) is -0.581. The van der Waals surface area contributed by atoms with Gasteiger partial charge in [-0.25, -0.2) is 4.79 Å². The first kappa shape index (κ1) is 13.5. The molecule has 0 radical (unpaired) electrons. The second-order valence-electron chi connectivity index (χ2n) is 3.88. The maximum atomic E-state index is 11.1. The van der Waals surface area contributed by atoms with Crippen molar-refractivity contribution in [3.8, 4) is 11.5 Å². The number of nitro groups is 1. The number of carboxylic acids is 1. The molecular weight excluding hydrogens is 266 g/mol. The molecule has 8 nitrogen and oxygen atoms in total. The number of rotatable bonds is 5. The first-order valence-corrected chi connectivity index (χ1v) is 5.73. The number of aromatic carboxylic acids is 1. The summed E-state index contributed by atoms with van der Waals surface area (Å²) in [7, 11) is 0. The van der Waals surface area contributed by atoms with Gasteiger partial charge in [0.15, 0.2) is 5.75 Å². The maximum Gasteiger partial charge on any atom is 0.339 e. The highest BCUT2D eigenvalue weighted by Crippen LogP contribution is 2.28. The Bertz CT molecular complexity index is 665. The van der Waals surface area contributed by atoms with Crippen molar-refractivity contribution in [1.82, 2.24) is 9.78 Å². The van der Waals surface area contributed by atoms with Crippen molar-refractivity contribution >= 4 is 11.7 Å². The van der Waals surface area contributed by atoms with E-state index in [1.54, 1.807) is 10.9 Å². The molecule has 8 heteroatoms. The molecule has 0 atom stereocenters. The van der Waals surface area contributed by atoms with Crippen molar-refractivity contribution in [3.05, 3.63) is 46.3 Å². The van der Waals surface area contributed by atoms with E-state index in [1.165, 1.54) is 18.3 Å². The second kappa shape index (κ2) is 5.39. The van der Waals surface area contributed by atoms with Gasteiger partial charge in [0.2, 0.25) is 0 Å². The zero-order valence-corrected chi connectivity index (χ0v) is 10.5. The third-order valence-electron chi connectivity index (χ3n) is 2.57. The van der Waals surface area contributed by atoms with Crippen LogP contribution in [0.4, 0.5) is 5.69 Å². The molecule has 0 bridgehead atoms. The number of benzene rings is 1. The zero-order valence-electron chi connectivity index (χ0n) is 10.5. The summed E-state index contributed by atoms with van der Waals surface area (Å²) >= 11 is 0. The number of nitrogens with zero attached hydrogens (tertiary/aromatic N) is 3. The number of hydrogen-bond acceptors (Lipinski definition) is 5. The van der Waals surface area contributed by atoms with Gasteiger partial charge in [-0.3, -0.25) is 14.8 Å². The topological polar surface area (TPSA) is 107 Å². The van der Waals surface area contributed by atoms with Crippen molar-refractivity contribution in [2.24, 2.45) is 0 Å². The third kappa shape index (κ3) is 2.74. The Morgan fingerprint density at radius 2 is 2.30 bits per heavy atom. The normalized spacial score (nSPS) is 10.2. The highest BCUT2D eigenvalue weighted by Gasteiger charge is 2.18. The summed E-state index contributed by atoms with van der Waals surface area (Å²) < 4.78 is 7.01. The highest BCUT2D eigenvalue weighted by atomic mass is 16.6. The second-order valence-corrected chi connectivity index (χ2v) is 3.88. The molecule has 1 aromatic heterocycles. The molecule has 0 amide bonds. The number of carboxylic acid groups (broad SMARTS) is 1. The van der Waals surface area contributed by atoms with Gasteiger partial charge in [-0.2, -0.15) is 5.10 Å². The molecule has 0 spiro atoms. The lowest BCUT2D eigenvalue weighted by Crippen LogP contribution is -2.01. The van der Waals surface area contributed by atoms with Crippen LogP contribution < -0.4 is 4.74 Å². The van der Waals surface area contributed by atoms with Gasteiger partial charge in [-0.1, -0.05) is 0 Å². The van der Waals surface area contributed by atoms with Gasteiger partial charge >= 0.3 is 5.97 Å². The first-order valence-electron chi connectivity index (χ1n) is 5.73. The van der Waals surface area contributed by atoms with Crippen LogP contribution in [0.3, 0.4) is 0 Å². The Kier molecular flexibility index (Phi) is 3.65. The fraction of sp³-hybridized carbons (Fsp3) is 0.167. The SMILES string of the molecule is CCn1cc(Oc2ccc([N+](=O)[O-])cc2C(=O)O)cn1. The molecule has 1 aromatic carbocycles. The van der Waals surface area contributed by atoms with Crippen molar-refractivity contribution < 1.29 is 19.6 Å². The van der Waals surface area contributed by atoms with E-state index in [-0.39, 0.29) is 17.0 Å². The van der Waals surface area contributed by atoms with Gasteiger partial charge in [0, 0.05) is 18.7 Å². The number of ether oxygens (including phenoxy) is 1. The molecule has 0 fully saturated rings. The molecule has 0 aliphatic carbocycles. The number of non-ortho nitro benzene ring substituents is 1. The maximum absolute atomic E-state index is 11.1. The van der Waals surface area contributed by atoms with Crippen LogP contribution in [0.1, 0.15) is 17.3 Å². The third-order valence-corrected chi connectivity index (χ3v) is 2.57.